The number of hydrogen-bond acceptors (Lipinski definition) is 4. The monoisotopic (exact) mass is 357 g/mol. The van der Waals surface area contributed by atoms with Crippen LogP contribution in [0.25, 0.3) is 0 Å². The molecule has 0 radical (unpaired) electrons. The van der Waals surface area contributed by atoms with Crippen LogP contribution in [0.1, 0.15) is 24.2 Å². The van der Waals surface area contributed by atoms with Gasteiger partial charge in [-0.25, -0.2) is 0 Å². The lowest BCUT2D eigenvalue weighted by molar-refractivity contribution is 0.0945. The molecule has 1 heterocycles. The Morgan fingerprint density at radius 3 is 2.43 bits per heavy atom. The third-order valence-corrected chi connectivity index (χ3v) is 2.69. The van der Waals surface area contributed by atoms with Crippen molar-refractivity contribution in [2.45, 2.75) is 19.4 Å². The standard InChI is InChI=1S/C16H19N3O2.2ClH/c1-16(2,17)11-19-15(20)12-4-3-5-14(10-12)21-13-6-8-18-9-7-13;;/h3-10H,11,17H2,1-2H3,(H,19,20);2*1H. The topological polar surface area (TPSA) is 77.2 Å². The summed E-state index contributed by atoms with van der Waals surface area (Å²) in [5.74, 6) is 1.10. The minimum Gasteiger partial charge on any atom is -0.457 e. The fourth-order valence-corrected chi connectivity index (χ4v) is 1.65. The zero-order chi connectivity index (χ0) is 15.3. The maximum Gasteiger partial charge on any atom is 0.251 e. The highest BCUT2D eigenvalue weighted by Crippen LogP contribution is 2.21. The molecular weight excluding hydrogens is 337 g/mol. The van der Waals surface area contributed by atoms with Crippen LogP contribution in [-0.4, -0.2) is 23.0 Å². The Bertz CT molecular complexity index is 616. The van der Waals surface area contributed by atoms with Gasteiger partial charge in [0, 0.05) is 30.0 Å². The minimum atomic E-state index is -0.444. The molecule has 0 spiro atoms. The lowest BCUT2D eigenvalue weighted by Gasteiger charge is -2.19. The maximum atomic E-state index is 12.1. The van der Waals surface area contributed by atoms with E-state index in [1.54, 1.807) is 48.8 Å². The van der Waals surface area contributed by atoms with Crippen molar-refractivity contribution in [2.75, 3.05) is 6.54 Å². The first-order valence-corrected chi connectivity index (χ1v) is 6.69. The molecule has 0 fully saturated rings. The molecule has 2 aromatic rings. The molecule has 0 atom stereocenters. The molecule has 0 aliphatic carbocycles. The summed E-state index contributed by atoms with van der Waals surface area (Å²) in [4.78, 5) is 16.0. The number of amides is 1. The van der Waals surface area contributed by atoms with E-state index < -0.39 is 5.54 Å². The smallest absolute Gasteiger partial charge is 0.251 e. The lowest BCUT2D eigenvalue weighted by Crippen LogP contribution is -2.45. The SMILES string of the molecule is CC(C)(N)CNC(=O)c1cccc(Oc2ccncc2)c1.Cl.Cl. The summed E-state index contributed by atoms with van der Waals surface area (Å²) < 4.78 is 5.67. The van der Waals surface area contributed by atoms with E-state index in [0.717, 1.165) is 0 Å². The van der Waals surface area contributed by atoms with Crippen LogP contribution in [0.5, 0.6) is 11.5 Å². The van der Waals surface area contributed by atoms with Gasteiger partial charge in [-0.05, 0) is 44.2 Å². The molecule has 1 aromatic heterocycles. The van der Waals surface area contributed by atoms with Crippen LogP contribution in [0.4, 0.5) is 0 Å². The van der Waals surface area contributed by atoms with Crippen molar-refractivity contribution in [3.63, 3.8) is 0 Å². The van der Waals surface area contributed by atoms with Crippen LogP contribution in [0.3, 0.4) is 0 Å². The minimum absolute atomic E-state index is 0. The van der Waals surface area contributed by atoms with Crippen molar-refractivity contribution in [2.24, 2.45) is 5.73 Å². The van der Waals surface area contributed by atoms with E-state index >= 15 is 0 Å². The van der Waals surface area contributed by atoms with Gasteiger partial charge in [-0.1, -0.05) is 6.07 Å². The molecule has 5 nitrogen and oxygen atoms in total. The largest absolute Gasteiger partial charge is 0.457 e. The quantitative estimate of drug-likeness (QED) is 0.861. The molecule has 126 valence electrons. The summed E-state index contributed by atoms with van der Waals surface area (Å²) in [7, 11) is 0. The van der Waals surface area contributed by atoms with Gasteiger partial charge in [-0.2, -0.15) is 0 Å². The molecule has 2 rings (SSSR count). The van der Waals surface area contributed by atoms with Gasteiger partial charge in [0.15, 0.2) is 0 Å². The van der Waals surface area contributed by atoms with Crippen LogP contribution in [0, 0.1) is 0 Å². The first kappa shape index (κ1) is 21.2. The fourth-order valence-electron chi connectivity index (χ4n) is 1.65. The van der Waals surface area contributed by atoms with Gasteiger partial charge in [0.05, 0.1) is 0 Å². The van der Waals surface area contributed by atoms with E-state index in [1.807, 2.05) is 13.8 Å². The summed E-state index contributed by atoms with van der Waals surface area (Å²) in [5, 5.41) is 2.80. The first-order chi connectivity index (χ1) is 9.94. The number of halogens is 2. The zero-order valence-electron chi connectivity index (χ0n) is 13.0. The molecule has 0 bridgehead atoms. The predicted molar refractivity (Wildman–Crippen MR) is 95.8 cm³/mol. The number of benzene rings is 1. The van der Waals surface area contributed by atoms with Crippen molar-refractivity contribution < 1.29 is 9.53 Å². The van der Waals surface area contributed by atoms with Crippen molar-refractivity contribution in [1.82, 2.24) is 10.3 Å². The molecule has 1 amide bonds. The van der Waals surface area contributed by atoms with Gasteiger partial charge in [0.25, 0.3) is 5.91 Å². The van der Waals surface area contributed by atoms with Crippen LogP contribution in [-0.2, 0) is 0 Å². The third kappa shape index (κ3) is 7.32. The van der Waals surface area contributed by atoms with E-state index in [-0.39, 0.29) is 30.7 Å². The average molecular weight is 358 g/mol. The summed E-state index contributed by atoms with van der Waals surface area (Å²) in [5.41, 5.74) is 5.94. The van der Waals surface area contributed by atoms with Crippen LogP contribution in [0.2, 0.25) is 0 Å². The Kier molecular flexibility index (Phi) is 8.61. The average Bonchev–Trinajstić information content (AvgIpc) is 2.45. The molecule has 3 N–H and O–H groups in total. The maximum absolute atomic E-state index is 12.1. The van der Waals surface area contributed by atoms with E-state index in [1.165, 1.54) is 0 Å². The second-order valence-corrected chi connectivity index (χ2v) is 5.48. The molecule has 1 aromatic carbocycles. The fraction of sp³-hybridized carbons (Fsp3) is 0.250. The van der Waals surface area contributed by atoms with Gasteiger partial charge in [-0.3, -0.25) is 9.78 Å². The zero-order valence-corrected chi connectivity index (χ0v) is 14.6. The Hall–Kier alpha value is -1.82. The molecule has 0 saturated carbocycles. The highest BCUT2D eigenvalue weighted by molar-refractivity contribution is 5.94. The van der Waals surface area contributed by atoms with E-state index in [0.29, 0.717) is 23.6 Å². The summed E-state index contributed by atoms with van der Waals surface area (Å²) in [6.45, 7) is 4.12. The number of hydrogen-bond donors (Lipinski definition) is 2. The number of nitrogens with two attached hydrogens (primary N) is 1. The van der Waals surface area contributed by atoms with E-state index in [9.17, 15) is 4.79 Å². The second-order valence-electron chi connectivity index (χ2n) is 5.48. The molecular formula is C16H21Cl2N3O2. The van der Waals surface area contributed by atoms with Crippen molar-refractivity contribution in [3.8, 4) is 11.5 Å². The van der Waals surface area contributed by atoms with Crippen LogP contribution >= 0.6 is 24.8 Å². The van der Waals surface area contributed by atoms with E-state index in [4.69, 9.17) is 10.5 Å². The highest BCUT2D eigenvalue weighted by atomic mass is 35.5. The normalized spacial score (nSPS) is 10.0. The predicted octanol–water partition coefficient (Wildman–Crippen LogP) is 3.18. The van der Waals surface area contributed by atoms with Crippen LogP contribution in [0.15, 0.2) is 48.8 Å². The summed E-state index contributed by atoms with van der Waals surface area (Å²) >= 11 is 0. The van der Waals surface area contributed by atoms with Gasteiger partial charge in [0.1, 0.15) is 11.5 Å². The Labute approximate surface area is 148 Å². The Morgan fingerprint density at radius 1 is 1.17 bits per heavy atom. The Morgan fingerprint density at radius 2 is 1.83 bits per heavy atom. The molecule has 0 aliphatic heterocycles. The number of nitrogens with one attached hydrogen (secondary N) is 1. The first-order valence-electron chi connectivity index (χ1n) is 6.69. The van der Waals surface area contributed by atoms with E-state index in [2.05, 4.69) is 10.3 Å². The van der Waals surface area contributed by atoms with Crippen molar-refractivity contribution in [1.29, 1.82) is 0 Å². The lowest BCUT2D eigenvalue weighted by atomic mass is 10.1. The number of carbonyl (C=O) groups is 1. The van der Waals surface area contributed by atoms with Gasteiger partial charge in [-0.15, -0.1) is 24.8 Å². The van der Waals surface area contributed by atoms with Crippen LogP contribution < -0.4 is 15.8 Å². The molecule has 7 heteroatoms. The molecule has 0 aliphatic rings. The van der Waals surface area contributed by atoms with Crippen molar-refractivity contribution in [3.05, 3.63) is 54.4 Å². The Balaban J connectivity index is 0.00000242. The third-order valence-electron chi connectivity index (χ3n) is 2.69. The molecule has 0 unspecified atom stereocenters. The number of ether oxygens (including phenoxy) is 1. The summed E-state index contributed by atoms with van der Waals surface area (Å²) in [6.07, 6.45) is 3.30. The number of carbonyl (C=O) groups excluding carboxylic acids is 1. The van der Waals surface area contributed by atoms with Gasteiger partial charge in [0.2, 0.25) is 0 Å². The number of rotatable bonds is 5. The molecule has 23 heavy (non-hydrogen) atoms. The summed E-state index contributed by atoms with van der Waals surface area (Å²) in [6, 6.07) is 10.5. The highest BCUT2D eigenvalue weighted by Gasteiger charge is 2.13. The second kappa shape index (κ2) is 9.35. The molecule has 0 saturated heterocycles. The van der Waals surface area contributed by atoms with Gasteiger partial charge >= 0.3 is 0 Å². The van der Waals surface area contributed by atoms with Gasteiger partial charge < -0.3 is 15.8 Å². The number of pyridine rings is 1. The van der Waals surface area contributed by atoms with Crippen molar-refractivity contribution >= 4 is 30.7 Å². The number of aromatic nitrogens is 1. The number of nitrogens with zero attached hydrogens (tertiary/aromatic N) is 1.